The molecule has 0 fully saturated rings. The van der Waals surface area contributed by atoms with Gasteiger partial charge in [-0.2, -0.15) is 0 Å². The molecule has 1 heteroatoms. The molecule has 0 saturated carbocycles. The molecular formula is C22H27N. The number of rotatable bonds is 7. The Hall–Kier alpha value is -2.15. The van der Waals surface area contributed by atoms with Crippen molar-refractivity contribution in [3.63, 3.8) is 0 Å². The van der Waals surface area contributed by atoms with Crippen molar-refractivity contribution in [2.45, 2.75) is 33.1 Å². The highest BCUT2D eigenvalue weighted by Gasteiger charge is 2.10. The van der Waals surface area contributed by atoms with E-state index in [9.17, 15) is 0 Å². The summed E-state index contributed by atoms with van der Waals surface area (Å²) in [4.78, 5) is 4.50. The Balaban J connectivity index is 2.03. The average Bonchev–Trinajstić information content (AvgIpc) is 2.61. The third kappa shape index (κ3) is 4.92. The van der Waals surface area contributed by atoms with Gasteiger partial charge in [-0.15, -0.1) is 0 Å². The summed E-state index contributed by atoms with van der Waals surface area (Å²) in [5, 5.41) is 0. The molecule has 0 bridgehead atoms. The number of aliphatic imine (C=N–C) groups is 1. The summed E-state index contributed by atoms with van der Waals surface area (Å²) < 4.78 is 0. The van der Waals surface area contributed by atoms with Gasteiger partial charge in [-0.1, -0.05) is 80.6 Å². The normalized spacial score (nSPS) is 12.9. The Kier molecular flexibility index (Phi) is 6.34. The first kappa shape index (κ1) is 17.2. The zero-order valence-electron chi connectivity index (χ0n) is 14.5. The van der Waals surface area contributed by atoms with Crippen molar-refractivity contribution in [1.82, 2.24) is 0 Å². The highest BCUT2D eigenvalue weighted by Crippen LogP contribution is 2.21. The number of benzene rings is 2. The van der Waals surface area contributed by atoms with Crippen LogP contribution in [0.3, 0.4) is 0 Å². The van der Waals surface area contributed by atoms with Gasteiger partial charge in [0.2, 0.25) is 0 Å². The van der Waals surface area contributed by atoms with Gasteiger partial charge in [0.05, 0.1) is 0 Å². The molecule has 0 amide bonds. The molecule has 0 saturated heterocycles. The molecule has 2 aromatic rings. The van der Waals surface area contributed by atoms with Gasteiger partial charge < -0.3 is 0 Å². The van der Waals surface area contributed by atoms with Crippen LogP contribution in [0.4, 0.5) is 0 Å². The second kappa shape index (κ2) is 8.47. The van der Waals surface area contributed by atoms with Crippen molar-refractivity contribution in [1.29, 1.82) is 0 Å². The molecule has 0 heterocycles. The molecule has 0 aliphatic rings. The average molecular weight is 305 g/mol. The second-order valence-corrected chi connectivity index (χ2v) is 6.15. The van der Waals surface area contributed by atoms with Crippen LogP contribution >= 0.6 is 0 Å². The van der Waals surface area contributed by atoms with Gasteiger partial charge in [-0.3, -0.25) is 4.99 Å². The highest BCUT2D eigenvalue weighted by molar-refractivity contribution is 5.87. The van der Waals surface area contributed by atoms with Crippen LogP contribution in [0.15, 0.2) is 71.7 Å². The lowest BCUT2D eigenvalue weighted by molar-refractivity contribution is 0.685. The lowest BCUT2D eigenvalue weighted by atomic mass is 9.92. The number of nitrogens with zero attached hydrogens (tertiary/aromatic N) is 1. The van der Waals surface area contributed by atoms with Gasteiger partial charge in [0.25, 0.3) is 0 Å². The number of allylic oxidation sites excluding steroid dienone is 1. The fourth-order valence-electron chi connectivity index (χ4n) is 2.77. The summed E-state index contributed by atoms with van der Waals surface area (Å²) in [5.74, 6) is 0.502. The van der Waals surface area contributed by atoms with Crippen LogP contribution < -0.4 is 0 Å². The Morgan fingerprint density at radius 1 is 1.00 bits per heavy atom. The maximum absolute atomic E-state index is 4.50. The smallest absolute Gasteiger partial charge is 0.0276 e. The molecule has 2 aromatic carbocycles. The van der Waals surface area contributed by atoms with E-state index in [4.69, 9.17) is 0 Å². The summed E-state index contributed by atoms with van der Waals surface area (Å²) in [6.07, 6.45) is 2.97. The Bertz CT molecular complexity index is 650. The van der Waals surface area contributed by atoms with Crippen LogP contribution in [0, 0.1) is 5.92 Å². The molecular weight excluding hydrogens is 278 g/mol. The van der Waals surface area contributed by atoms with Crippen molar-refractivity contribution in [2.24, 2.45) is 10.9 Å². The fraction of sp³-hybridized carbons (Fsp3) is 0.318. The Morgan fingerprint density at radius 2 is 1.61 bits per heavy atom. The van der Waals surface area contributed by atoms with Gasteiger partial charge in [-0.05, 0) is 35.4 Å². The van der Waals surface area contributed by atoms with Crippen LogP contribution in [-0.2, 0) is 6.42 Å². The topological polar surface area (TPSA) is 12.4 Å². The third-order valence-electron chi connectivity index (χ3n) is 4.48. The minimum atomic E-state index is 0.502. The minimum Gasteiger partial charge on any atom is -0.297 e. The molecule has 23 heavy (non-hydrogen) atoms. The van der Waals surface area contributed by atoms with E-state index in [0.29, 0.717) is 5.92 Å². The quantitative estimate of drug-likeness (QED) is 0.442. The van der Waals surface area contributed by atoms with E-state index >= 15 is 0 Å². The van der Waals surface area contributed by atoms with Crippen LogP contribution in [0.2, 0.25) is 0 Å². The van der Waals surface area contributed by atoms with Crippen molar-refractivity contribution < 1.29 is 0 Å². The van der Waals surface area contributed by atoms with E-state index in [2.05, 4.69) is 73.9 Å². The fourth-order valence-corrected chi connectivity index (χ4v) is 2.77. The van der Waals surface area contributed by atoms with Crippen molar-refractivity contribution in [2.75, 3.05) is 7.05 Å². The molecule has 1 unspecified atom stereocenters. The van der Waals surface area contributed by atoms with E-state index in [1.54, 1.807) is 0 Å². The Labute approximate surface area is 140 Å². The molecule has 0 aliphatic carbocycles. The van der Waals surface area contributed by atoms with Crippen LogP contribution in [0.5, 0.6) is 0 Å². The van der Waals surface area contributed by atoms with Gasteiger partial charge in [0.15, 0.2) is 0 Å². The van der Waals surface area contributed by atoms with Crippen molar-refractivity contribution >= 4 is 5.71 Å². The summed E-state index contributed by atoms with van der Waals surface area (Å²) >= 11 is 0. The predicted molar refractivity (Wildman–Crippen MR) is 102 cm³/mol. The molecule has 1 atom stereocenters. The van der Waals surface area contributed by atoms with E-state index in [1.807, 2.05) is 13.1 Å². The molecule has 0 radical (unpaired) electrons. The predicted octanol–water partition coefficient (Wildman–Crippen LogP) is 5.96. The second-order valence-electron chi connectivity index (χ2n) is 6.15. The first-order valence-corrected chi connectivity index (χ1v) is 8.40. The maximum atomic E-state index is 4.50. The summed E-state index contributed by atoms with van der Waals surface area (Å²) in [5.41, 5.74) is 6.40. The zero-order valence-corrected chi connectivity index (χ0v) is 14.5. The molecule has 2 rings (SSSR count). The summed E-state index contributed by atoms with van der Waals surface area (Å²) in [7, 11) is 1.90. The number of hydrogen-bond acceptors (Lipinski definition) is 1. The van der Waals surface area contributed by atoms with Crippen LogP contribution in [0.1, 0.15) is 32.3 Å². The first-order valence-electron chi connectivity index (χ1n) is 8.40. The largest absolute Gasteiger partial charge is 0.297 e. The lowest BCUT2D eigenvalue weighted by Crippen LogP contribution is -2.10. The van der Waals surface area contributed by atoms with Gasteiger partial charge in [-0.25, -0.2) is 0 Å². The molecule has 120 valence electrons. The molecule has 0 spiro atoms. The van der Waals surface area contributed by atoms with E-state index in [-0.39, 0.29) is 0 Å². The van der Waals surface area contributed by atoms with Crippen molar-refractivity contribution in [3.8, 4) is 11.1 Å². The third-order valence-corrected chi connectivity index (χ3v) is 4.48. The zero-order chi connectivity index (χ0) is 16.7. The molecule has 1 nitrogen and oxygen atoms in total. The standard InChI is InChI=1S/C22H27N/c1-5-17(2)18(3)15-22(23-4)16-19-11-13-21(14-12-19)20-9-7-6-8-10-20/h6-14,18H,2,5,15-16H2,1,3-4H3/b23-22+. The maximum Gasteiger partial charge on any atom is 0.0276 e. The monoisotopic (exact) mass is 305 g/mol. The minimum absolute atomic E-state index is 0.502. The van der Waals surface area contributed by atoms with Crippen LogP contribution in [-0.4, -0.2) is 12.8 Å². The number of hydrogen-bond donors (Lipinski definition) is 0. The summed E-state index contributed by atoms with van der Waals surface area (Å²) in [6, 6.07) is 19.3. The van der Waals surface area contributed by atoms with Crippen molar-refractivity contribution in [3.05, 3.63) is 72.3 Å². The Morgan fingerprint density at radius 3 is 2.17 bits per heavy atom. The van der Waals surface area contributed by atoms with Crippen LogP contribution in [0.25, 0.3) is 11.1 Å². The molecule has 0 aliphatic heterocycles. The van der Waals surface area contributed by atoms with Gasteiger partial charge >= 0.3 is 0 Å². The van der Waals surface area contributed by atoms with E-state index in [1.165, 1.54) is 28.0 Å². The van der Waals surface area contributed by atoms with Gasteiger partial charge in [0.1, 0.15) is 0 Å². The molecule has 0 aromatic heterocycles. The molecule has 0 N–H and O–H groups in total. The van der Waals surface area contributed by atoms with Gasteiger partial charge in [0, 0.05) is 19.2 Å². The van der Waals surface area contributed by atoms with E-state index in [0.717, 1.165) is 19.3 Å². The lowest BCUT2D eigenvalue weighted by Gasteiger charge is -2.15. The highest BCUT2D eigenvalue weighted by atomic mass is 14.7. The first-order chi connectivity index (χ1) is 11.1. The summed E-state index contributed by atoms with van der Waals surface area (Å²) in [6.45, 7) is 8.57. The van der Waals surface area contributed by atoms with E-state index < -0.39 is 0 Å². The SMILES string of the molecule is C=C(CC)C(C)C/C(Cc1ccc(-c2ccccc2)cc1)=N\C.